The first-order valence-electron chi connectivity index (χ1n) is 8.68. The maximum atomic E-state index is 14.5. The van der Waals surface area contributed by atoms with Gasteiger partial charge in [-0.3, -0.25) is 0 Å². The second kappa shape index (κ2) is 7.33. The molecule has 0 saturated heterocycles. The molecule has 0 fully saturated rings. The molecule has 0 aromatic heterocycles. The molecule has 10 heteroatoms. The smallest absolute Gasteiger partial charge is 0.425 e. The van der Waals surface area contributed by atoms with Gasteiger partial charge in [0.25, 0.3) is 6.02 Å². The standard InChI is InChI=1S/C18H20F4N4O2/c1-17(10-14(18(20,21)22)28-15(23)25-17)12-9-11(5-6-13(12)19)24-16(27)26-7-3-2-4-8-26/h2-3,5-6,9,14H,4,7-8,10H2,1H3,(H2,23,25)(H,24,27). The van der Waals surface area contributed by atoms with Gasteiger partial charge in [-0.05, 0) is 31.5 Å². The summed E-state index contributed by atoms with van der Waals surface area (Å²) in [7, 11) is 0. The zero-order valence-electron chi connectivity index (χ0n) is 15.1. The number of nitrogens with zero attached hydrogens (tertiary/aromatic N) is 2. The third kappa shape index (κ3) is 4.20. The summed E-state index contributed by atoms with van der Waals surface area (Å²) >= 11 is 0. The van der Waals surface area contributed by atoms with E-state index < -0.39 is 36.1 Å². The fourth-order valence-corrected chi connectivity index (χ4v) is 3.26. The van der Waals surface area contributed by atoms with Crippen LogP contribution in [-0.4, -0.2) is 42.3 Å². The molecule has 0 saturated carbocycles. The molecular formula is C18H20F4N4O2. The zero-order valence-corrected chi connectivity index (χ0v) is 15.1. The van der Waals surface area contributed by atoms with Crippen LogP contribution >= 0.6 is 0 Å². The number of carbonyl (C=O) groups is 1. The first kappa shape index (κ1) is 20.0. The van der Waals surface area contributed by atoms with E-state index in [1.165, 1.54) is 19.1 Å². The minimum Gasteiger partial charge on any atom is -0.452 e. The first-order chi connectivity index (χ1) is 13.1. The summed E-state index contributed by atoms with van der Waals surface area (Å²) in [5.41, 5.74) is 3.97. The number of hydrogen-bond acceptors (Lipinski definition) is 4. The second-order valence-electron chi connectivity index (χ2n) is 6.91. The van der Waals surface area contributed by atoms with E-state index in [4.69, 9.17) is 5.73 Å². The number of halogens is 4. The van der Waals surface area contributed by atoms with E-state index >= 15 is 0 Å². The van der Waals surface area contributed by atoms with Crippen LogP contribution in [0.25, 0.3) is 0 Å². The van der Waals surface area contributed by atoms with Gasteiger partial charge in [0.1, 0.15) is 5.82 Å². The number of rotatable bonds is 2. The van der Waals surface area contributed by atoms with Crippen LogP contribution in [0.4, 0.5) is 28.0 Å². The van der Waals surface area contributed by atoms with Crippen LogP contribution in [-0.2, 0) is 10.3 Å². The normalized spacial score (nSPS) is 25.1. The average Bonchev–Trinajstić information content (AvgIpc) is 2.62. The van der Waals surface area contributed by atoms with Crippen LogP contribution in [0.15, 0.2) is 35.3 Å². The Balaban J connectivity index is 1.87. The van der Waals surface area contributed by atoms with Gasteiger partial charge in [-0.25, -0.2) is 14.2 Å². The minimum absolute atomic E-state index is 0.107. The summed E-state index contributed by atoms with van der Waals surface area (Å²) in [6.45, 7) is 2.34. The molecule has 1 aromatic carbocycles. The van der Waals surface area contributed by atoms with Crippen molar-refractivity contribution in [2.45, 2.75) is 37.6 Å². The molecule has 2 aliphatic heterocycles. The van der Waals surface area contributed by atoms with Crippen molar-refractivity contribution >= 4 is 17.7 Å². The lowest BCUT2D eigenvalue weighted by atomic mass is 9.85. The molecule has 2 unspecified atom stereocenters. The number of benzene rings is 1. The van der Waals surface area contributed by atoms with E-state index in [2.05, 4.69) is 15.0 Å². The molecule has 0 radical (unpaired) electrons. The third-order valence-electron chi connectivity index (χ3n) is 4.71. The monoisotopic (exact) mass is 400 g/mol. The van der Waals surface area contributed by atoms with E-state index in [0.717, 1.165) is 12.5 Å². The number of nitrogens with one attached hydrogen (secondary N) is 1. The number of carbonyl (C=O) groups excluding carboxylic acids is 1. The molecule has 3 rings (SSSR count). The lowest BCUT2D eigenvalue weighted by molar-refractivity contribution is -0.208. The number of aliphatic imine (C=N–C) groups is 1. The number of anilines is 1. The predicted octanol–water partition coefficient (Wildman–Crippen LogP) is 3.50. The number of amidine groups is 1. The fourth-order valence-electron chi connectivity index (χ4n) is 3.26. The molecule has 2 amide bonds. The van der Waals surface area contributed by atoms with Gasteiger partial charge in [-0.15, -0.1) is 0 Å². The summed E-state index contributed by atoms with van der Waals surface area (Å²) in [6.07, 6.45) is -2.96. The van der Waals surface area contributed by atoms with E-state index in [1.54, 1.807) is 4.90 Å². The summed E-state index contributed by atoms with van der Waals surface area (Å²) in [5.74, 6) is -0.749. The molecule has 6 nitrogen and oxygen atoms in total. The Labute approximate surface area is 159 Å². The molecule has 2 aliphatic rings. The Bertz CT molecular complexity index is 824. The maximum Gasteiger partial charge on any atom is 0.425 e. The van der Waals surface area contributed by atoms with Crippen LogP contribution in [0.2, 0.25) is 0 Å². The third-order valence-corrected chi connectivity index (χ3v) is 4.71. The quantitative estimate of drug-likeness (QED) is 0.589. The SMILES string of the molecule is CC1(c2cc(NC(=O)N3CC=CCC3)ccc2F)CC(C(F)(F)F)OC(N)=N1. The molecular weight excluding hydrogens is 380 g/mol. The highest BCUT2D eigenvalue weighted by atomic mass is 19.4. The van der Waals surface area contributed by atoms with Gasteiger partial charge in [0.15, 0.2) is 6.10 Å². The molecule has 0 bridgehead atoms. The Morgan fingerprint density at radius 3 is 2.79 bits per heavy atom. The zero-order chi connectivity index (χ0) is 20.5. The average molecular weight is 400 g/mol. The van der Waals surface area contributed by atoms with Gasteiger partial charge >= 0.3 is 12.2 Å². The summed E-state index contributed by atoms with van der Waals surface area (Å²) in [5, 5.41) is 2.64. The van der Waals surface area contributed by atoms with E-state index in [0.29, 0.717) is 13.1 Å². The molecule has 1 aromatic rings. The number of nitrogens with two attached hydrogens (primary N) is 1. The van der Waals surface area contributed by atoms with Crippen molar-refractivity contribution < 1.29 is 27.1 Å². The highest BCUT2D eigenvalue weighted by molar-refractivity contribution is 5.89. The molecule has 2 heterocycles. The van der Waals surface area contributed by atoms with Gasteiger partial charge < -0.3 is 20.7 Å². The molecule has 28 heavy (non-hydrogen) atoms. The van der Waals surface area contributed by atoms with Crippen molar-refractivity contribution in [2.24, 2.45) is 10.7 Å². The lowest BCUT2D eigenvalue weighted by Crippen LogP contribution is -2.46. The fraction of sp³-hybridized carbons (Fsp3) is 0.444. The van der Waals surface area contributed by atoms with Gasteiger partial charge in [-0.2, -0.15) is 13.2 Å². The van der Waals surface area contributed by atoms with E-state index in [1.807, 2.05) is 12.2 Å². The highest BCUT2D eigenvalue weighted by Crippen LogP contribution is 2.41. The Kier molecular flexibility index (Phi) is 5.22. The predicted molar refractivity (Wildman–Crippen MR) is 95.3 cm³/mol. The second-order valence-corrected chi connectivity index (χ2v) is 6.91. The largest absolute Gasteiger partial charge is 0.452 e. The van der Waals surface area contributed by atoms with Crippen LogP contribution in [0.3, 0.4) is 0 Å². The van der Waals surface area contributed by atoms with Crippen molar-refractivity contribution in [1.29, 1.82) is 0 Å². The highest BCUT2D eigenvalue weighted by Gasteiger charge is 2.50. The lowest BCUT2D eigenvalue weighted by Gasteiger charge is -2.36. The van der Waals surface area contributed by atoms with Crippen LogP contribution in [0.5, 0.6) is 0 Å². The molecule has 3 N–H and O–H groups in total. The van der Waals surface area contributed by atoms with E-state index in [9.17, 15) is 22.4 Å². The van der Waals surface area contributed by atoms with Crippen molar-refractivity contribution in [1.82, 2.24) is 4.90 Å². The van der Waals surface area contributed by atoms with Gasteiger partial charge in [-0.1, -0.05) is 12.2 Å². The first-order valence-corrected chi connectivity index (χ1v) is 8.68. The minimum atomic E-state index is -4.67. The molecule has 152 valence electrons. The Morgan fingerprint density at radius 2 is 2.14 bits per heavy atom. The van der Waals surface area contributed by atoms with Gasteiger partial charge in [0.2, 0.25) is 0 Å². The Morgan fingerprint density at radius 1 is 1.39 bits per heavy atom. The van der Waals surface area contributed by atoms with Crippen molar-refractivity contribution in [3.8, 4) is 0 Å². The van der Waals surface area contributed by atoms with Crippen LogP contribution in [0.1, 0.15) is 25.3 Å². The molecule has 0 spiro atoms. The number of urea groups is 1. The van der Waals surface area contributed by atoms with Crippen molar-refractivity contribution in [2.75, 3.05) is 18.4 Å². The number of alkyl halides is 3. The number of hydrogen-bond donors (Lipinski definition) is 2. The number of ether oxygens (including phenoxy) is 1. The topological polar surface area (TPSA) is 80.0 Å². The maximum absolute atomic E-state index is 14.5. The van der Waals surface area contributed by atoms with Crippen molar-refractivity contribution in [3.63, 3.8) is 0 Å². The summed E-state index contributed by atoms with van der Waals surface area (Å²) in [4.78, 5) is 17.8. The summed E-state index contributed by atoms with van der Waals surface area (Å²) < 4.78 is 58.5. The Hall–Kier alpha value is -2.78. The van der Waals surface area contributed by atoms with Gasteiger partial charge in [0.05, 0.1) is 5.54 Å². The molecule has 2 atom stereocenters. The van der Waals surface area contributed by atoms with Crippen LogP contribution < -0.4 is 11.1 Å². The number of amides is 2. The summed E-state index contributed by atoms with van der Waals surface area (Å²) in [6, 6.07) is 2.66. The molecule has 0 aliphatic carbocycles. The van der Waals surface area contributed by atoms with Crippen molar-refractivity contribution in [3.05, 3.63) is 41.7 Å². The van der Waals surface area contributed by atoms with Crippen LogP contribution in [0, 0.1) is 5.82 Å². The van der Waals surface area contributed by atoms with E-state index in [-0.39, 0.29) is 17.3 Å². The van der Waals surface area contributed by atoms with Gasteiger partial charge in [0, 0.05) is 30.8 Å².